The Kier molecular flexibility index (Phi) is 8.03. The number of fused-ring (bicyclic) bond motifs is 1. The monoisotopic (exact) mass is 432 g/mol. The van der Waals surface area contributed by atoms with Gasteiger partial charge in [-0.25, -0.2) is 0 Å². The van der Waals surface area contributed by atoms with Crippen LogP contribution < -0.4 is 10.6 Å². The normalized spacial score (nSPS) is 12.9. The van der Waals surface area contributed by atoms with Crippen molar-refractivity contribution in [1.82, 2.24) is 10.6 Å². The lowest BCUT2D eigenvalue weighted by molar-refractivity contribution is -0.123. The number of amides is 2. The second kappa shape index (κ2) is 10.9. The predicted octanol–water partition coefficient (Wildman–Crippen LogP) is 2.72. The van der Waals surface area contributed by atoms with Crippen LogP contribution in [0.1, 0.15) is 36.2 Å². The summed E-state index contributed by atoms with van der Waals surface area (Å²) in [7, 11) is -1.69. The Bertz CT molecular complexity index is 1050. The Hall–Kier alpha value is -3.16. The fraction of sp³-hybridized carbons (Fsp3) is 0.280. The van der Waals surface area contributed by atoms with E-state index in [4.69, 9.17) is 0 Å². The summed E-state index contributed by atoms with van der Waals surface area (Å²) in [5, 5.41) is 26.7. The number of nitrogens with one attached hydrogen (secondary N) is 2. The zero-order valence-corrected chi connectivity index (χ0v) is 18.4. The Morgan fingerprint density at radius 2 is 1.53 bits per heavy atom. The highest BCUT2D eigenvalue weighted by atomic mass is 16.4. The largest absolute Gasteiger partial charge is 0.475 e. The third-order valence-electron chi connectivity index (χ3n) is 5.35. The van der Waals surface area contributed by atoms with Crippen LogP contribution >= 0.6 is 0 Å². The van der Waals surface area contributed by atoms with Gasteiger partial charge in [0.05, 0.1) is 5.94 Å². The lowest BCUT2D eigenvalue weighted by Gasteiger charge is -2.24. The first kappa shape index (κ1) is 23.5. The van der Waals surface area contributed by atoms with Gasteiger partial charge < -0.3 is 20.7 Å². The quantitative estimate of drug-likeness (QED) is 0.391. The van der Waals surface area contributed by atoms with E-state index in [1.54, 1.807) is 6.07 Å². The molecule has 0 heterocycles. The van der Waals surface area contributed by atoms with Gasteiger partial charge in [-0.15, -0.1) is 0 Å². The molecule has 0 unspecified atom stereocenters. The maximum absolute atomic E-state index is 13.2. The lowest BCUT2D eigenvalue weighted by atomic mass is 9.75. The van der Waals surface area contributed by atoms with Gasteiger partial charge in [0.15, 0.2) is 0 Å². The average Bonchev–Trinajstić information content (AvgIpc) is 2.78. The molecule has 0 bridgehead atoms. The maximum Gasteiger partial charge on any atom is 0.475 e. The summed E-state index contributed by atoms with van der Waals surface area (Å²) < 4.78 is 0. The first-order valence-corrected chi connectivity index (χ1v) is 10.8. The molecular weight excluding hydrogens is 403 g/mol. The van der Waals surface area contributed by atoms with E-state index in [1.165, 1.54) is 0 Å². The molecule has 0 aromatic heterocycles. The third-order valence-corrected chi connectivity index (χ3v) is 5.35. The van der Waals surface area contributed by atoms with Gasteiger partial charge >= 0.3 is 7.12 Å². The molecular formula is C25H29BN2O4. The van der Waals surface area contributed by atoms with Gasteiger partial charge in [-0.1, -0.05) is 80.6 Å². The molecule has 3 aromatic rings. The molecule has 0 aliphatic carbocycles. The third kappa shape index (κ3) is 6.18. The summed E-state index contributed by atoms with van der Waals surface area (Å²) in [5.41, 5.74) is 1.37. The fourth-order valence-electron chi connectivity index (χ4n) is 3.76. The Labute approximate surface area is 188 Å². The van der Waals surface area contributed by atoms with E-state index in [0.29, 0.717) is 12.0 Å². The van der Waals surface area contributed by atoms with Crippen LogP contribution in [0.3, 0.4) is 0 Å². The summed E-state index contributed by atoms with van der Waals surface area (Å²) >= 11 is 0. The number of hydrogen-bond acceptors (Lipinski definition) is 4. The molecule has 2 amide bonds. The Morgan fingerprint density at radius 1 is 0.875 bits per heavy atom. The smallest absolute Gasteiger partial charge is 0.426 e. The van der Waals surface area contributed by atoms with Gasteiger partial charge in [0.25, 0.3) is 5.91 Å². The Morgan fingerprint density at radius 3 is 2.22 bits per heavy atom. The van der Waals surface area contributed by atoms with Crippen LogP contribution in [-0.4, -0.2) is 41.0 Å². The minimum Gasteiger partial charge on any atom is -0.426 e. The standard InChI is InChI=1S/C25H29BN2O4/c1-17(2)15-23(26(31)32)28-25(30)22(16-18-9-4-3-5-10-18)27-24(29)21-14-8-12-19-11-6-7-13-20(19)21/h3-14,17,22-23,31-32H,15-16H2,1-2H3,(H,27,29)(H,28,30)/t22-,23-/m0/s1. The van der Waals surface area contributed by atoms with E-state index < -0.39 is 25.0 Å². The van der Waals surface area contributed by atoms with Crippen LogP contribution in [-0.2, 0) is 11.2 Å². The summed E-state index contributed by atoms with van der Waals surface area (Å²) in [6, 6.07) is 21.6. The molecule has 0 fully saturated rings. The molecule has 0 radical (unpaired) electrons. The van der Waals surface area contributed by atoms with Crippen LogP contribution in [0.25, 0.3) is 10.8 Å². The second-order valence-corrected chi connectivity index (χ2v) is 8.40. The van der Waals surface area contributed by atoms with Crippen molar-refractivity contribution >= 4 is 29.7 Å². The predicted molar refractivity (Wildman–Crippen MR) is 127 cm³/mol. The molecule has 0 aliphatic rings. The summed E-state index contributed by atoms with van der Waals surface area (Å²) in [6.07, 6.45) is 0.678. The van der Waals surface area contributed by atoms with Crippen LogP contribution in [0, 0.1) is 5.92 Å². The van der Waals surface area contributed by atoms with E-state index in [2.05, 4.69) is 10.6 Å². The van der Waals surface area contributed by atoms with Crippen molar-refractivity contribution in [1.29, 1.82) is 0 Å². The second-order valence-electron chi connectivity index (χ2n) is 8.40. The number of carbonyl (C=O) groups excluding carboxylic acids is 2. The van der Waals surface area contributed by atoms with Crippen molar-refractivity contribution in [3.63, 3.8) is 0 Å². The summed E-state index contributed by atoms with van der Waals surface area (Å²) in [4.78, 5) is 26.3. The van der Waals surface area contributed by atoms with Gasteiger partial charge in [-0.05, 0) is 34.7 Å². The van der Waals surface area contributed by atoms with E-state index in [0.717, 1.165) is 16.3 Å². The van der Waals surface area contributed by atoms with E-state index >= 15 is 0 Å². The zero-order valence-electron chi connectivity index (χ0n) is 18.4. The highest BCUT2D eigenvalue weighted by Crippen LogP contribution is 2.19. The fourth-order valence-corrected chi connectivity index (χ4v) is 3.76. The molecule has 7 heteroatoms. The molecule has 0 spiro atoms. The van der Waals surface area contributed by atoms with Crippen LogP contribution in [0.15, 0.2) is 72.8 Å². The molecule has 0 aliphatic heterocycles. The first-order chi connectivity index (χ1) is 15.3. The summed E-state index contributed by atoms with van der Waals surface area (Å²) in [5.74, 6) is -1.49. The topological polar surface area (TPSA) is 98.7 Å². The lowest BCUT2D eigenvalue weighted by Crippen LogP contribution is -2.55. The highest BCUT2D eigenvalue weighted by Gasteiger charge is 2.30. The van der Waals surface area contributed by atoms with E-state index in [9.17, 15) is 19.6 Å². The number of carbonyl (C=O) groups is 2. The Balaban J connectivity index is 1.85. The minimum atomic E-state index is -1.69. The molecule has 32 heavy (non-hydrogen) atoms. The van der Waals surface area contributed by atoms with Gasteiger partial charge in [-0.2, -0.15) is 0 Å². The number of rotatable bonds is 9. The van der Waals surface area contributed by atoms with Gasteiger partial charge in [0.2, 0.25) is 5.91 Å². The number of hydrogen-bond donors (Lipinski definition) is 4. The van der Waals surface area contributed by atoms with Crippen molar-refractivity contribution in [2.45, 2.75) is 38.7 Å². The molecule has 0 saturated heterocycles. The van der Waals surface area contributed by atoms with Gasteiger partial charge in [0, 0.05) is 12.0 Å². The van der Waals surface area contributed by atoms with Crippen LogP contribution in [0.2, 0.25) is 0 Å². The molecule has 3 aromatic carbocycles. The summed E-state index contributed by atoms with van der Waals surface area (Å²) in [6.45, 7) is 3.87. The van der Waals surface area contributed by atoms with E-state index in [-0.39, 0.29) is 18.2 Å². The number of benzene rings is 3. The van der Waals surface area contributed by atoms with Crippen LogP contribution in [0.4, 0.5) is 0 Å². The minimum absolute atomic E-state index is 0.153. The van der Waals surface area contributed by atoms with Gasteiger partial charge in [-0.3, -0.25) is 9.59 Å². The molecule has 6 nitrogen and oxygen atoms in total. The molecule has 2 atom stereocenters. The van der Waals surface area contributed by atoms with Crippen molar-refractivity contribution in [2.24, 2.45) is 5.92 Å². The molecule has 0 saturated carbocycles. The van der Waals surface area contributed by atoms with Crippen molar-refractivity contribution in [2.75, 3.05) is 0 Å². The van der Waals surface area contributed by atoms with Crippen molar-refractivity contribution < 1.29 is 19.6 Å². The van der Waals surface area contributed by atoms with Crippen molar-refractivity contribution in [3.8, 4) is 0 Å². The molecule has 3 rings (SSSR count). The zero-order chi connectivity index (χ0) is 23.1. The first-order valence-electron chi connectivity index (χ1n) is 10.8. The molecule has 166 valence electrons. The van der Waals surface area contributed by atoms with Crippen molar-refractivity contribution in [3.05, 3.63) is 83.9 Å². The van der Waals surface area contributed by atoms with E-state index in [1.807, 2.05) is 80.6 Å². The maximum atomic E-state index is 13.2. The highest BCUT2D eigenvalue weighted by molar-refractivity contribution is 6.43. The SMILES string of the molecule is CC(C)C[C@H](NC(=O)[C@H](Cc1ccccc1)NC(=O)c1cccc2ccccc12)B(O)O. The van der Waals surface area contributed by atoms with Crippen LogP contribution in [0.5, 0.6) is 0 Å². The average molecular weight is 432 g/mol. The van der Waals surface area contributed by atoms with Gasteiger partial charge in [0.1, 0.15) is 6.04 Å². The molecule has 4 N–H and O–H groups in total.